The molecule has 0 bridgehead atoms. The lowest BCUT2D eigenvalue weighted by Gasteiger charge is -2.07. The number of fused-ring (bicyclic) bond motifs is 1. The first-order valence-corrected chi connectivity index (χ1v) is 8.75. The van der Waals surface area contributed by atoms with Gasteiger partial charge in [-0.1, -0.05) is 18.2 Å². The Labute approximate surface area is 164 Å². The van der Waals surface area contributed by atoms with E-state index in [9.17, 15) is 14.0 Å². The van der Waals surface area contributed by atoms with Crippen molar-refractivity contribution in [2.45, 2.75) is 13.2 Å². The van der Waals surface area contributed by atoms with Crippen LogP contribution >= 0.6 is 0 Å². The van der Waals surface area contributed by atoms with Gasteiger partial charge in [-0.05, 0) is 35.4 Å². The van der Waals surface area contributed by atoms with Crippen LogP contribution in [0.3, 0.4) is 0 Å². The number of benzene rings is 2. The Morgan fingerprint density at radius 3 is 2.59 bits per heavy atom. The van der Waals surface area contributed by atoms with Gasteiger partial charge in [0.1, 0.15) is 18.7 Å². The highest BCUT2D eigenvalue weighted by Gasteiger charge is 2.15. The van der Waals surface area contributed by atoms with Crippen LogP contribution in [0.2, 0.25) is 0 Å². The average molecular weight is 397 g/mol. The second kappa shape index (κ2) is 8.05. The molecule has 1 N–H and O–H groups in total. The quantitative estimate of drug-likeness (QED) is 0.688. The lowest BCUT2D eigenvalue weighted by molar-refractivity contribution is 0.0919. The van der Waals surface area contributed by atoms with E-state index in [2.05, 4.69) is 5.32 Å². The average Bonchev–Trinajstić information content (AvgIpc) is 3.20. The molecule has 4 rings (SSSR count). The van der Waals surface area contributed by atoms with Crippen molar-refractivity contribution < 1.29 is 27.8 Å². The largest absolute Gasteiger partial charge is 0.482 e. The van der Waals surface area contributed by atoms with Crippen molar-refractivity contribution in [3.8, 4) is 17.2 Å². The summed E-state index contributed by atoms with van der Waals surface area (Å²) in [6, 6.07) is 12.1. The molecule has 1 amide bonds. The fraction of sp³-hybridized carbons (Fsp3) is 0.143. The van der Waals surface area contributed by atoms with Crippen LogP contribution in [0.1, 0.15) is 21.7 Å². The summed E-state index contributed by atoms with van der Waals surface area (Å²) in [5.74, 6) is 0.203. The zero-order chi connectivity index (χ0) is 20.2. The van der Waals surface area contributed by atoms with Crippen LogP contribution in [0.25, 0.3) is 0 Å². The van der Waals surface area contributed by atoms with Gasteiger partial charge in [0.25, 0.3) is 5.91 Å². The molecular formula is C21H16FNO6. The van der Waals surface area contributed by atoms with Crippen molar-refractivity contribution in [3.05, 3.63) is 87.7 Å². The molecule has 7 nitrogen and oxygen atoms in total. The first kappa shape index (κ1) is 18.5. The molecule has 2 heterocycles. The van der Waals surface area contributed by atoms with Crippen LogP contribution in [-0.4, -0.2) is 12.7 Å². The van der Waals surface area contributed by atoms with Crippen LogP contribution in [0.15, 0.2) is 64.0 Å². The third kappa shape index (κ3) is 4.37. The minimum atomic E-state index is -0.537. The number of carbonyl (C=O) groups excluding carboxylic acids is 1. The topological polar surface area (TPSA) is 87.0 Å². The Morgan fingerprint density at radius 1 is 1.03 bits per heavy atom. The summed E-state index contributed by atoms with van der Waals surface area (Å²) >= 11 is 0. The summed E-state index contributed by atoms with van der Waals surface area (Å²) in [7, 11) is 0. The fourth-order valence-corrected chi connectivity index (χ4v) is 2.69. The molecule has 0 saturated carbocycles. The summed E-state index contributed by atoms with van der Waals surface area (Å²) in [6.45, 7) is 0.467. The number of amides is 1. The van der Waals surface area contributed by atoms with E-state index < -0.39 is 11.3 Å². The highest BCUT2D eigenvalue weighted by molar-refractivity contribution is 5.91. The smallest absolute Gasteiger partial charge is 0.287 e. The molecule has 148 valence electrons. The van der Waals surface area contributed by atoms with Gasteiger partial charge in [0, 0.05) is 12.6 Å². The van der Waals surface area contributed by atoms with Gasteiger partial charge in [-0.25, -0.2) is 4.39 Å². The van der Waals surface area contributed by atoms with Crippen molar-refractivity contribution >= 4 is 5.91 Å². The molecule has 0 radical (unpaired) electrons. The zero-order valence-electron chi connectivity index (χ0n) is 15.1. The van der Waals surface area contributed by atoms with E-state index in [1.165, 1.54) is 12.1 Å². The highest BCUT2D eigenvalue weighted by atomic mass is 19.1. The van der Waals surface area contributed by atoms with Gasteiger partial charge in [0.05, 0.1) is 0 Å². The fourth-order valence-electron chi connectivity index (χ4n) is 2.69. The molecular weight excluding hydrogens is 381 g/mol. The van der Waals surface area contributed by atoms with Crippen molar-refractivity contribution in [3.63, 3.8) is 0 Å². The summed E-state index contributed by atoms with van der Waals surface area (Å²) < 4.78 is 34.1. The molecule has 0 saturated heterocycles. The maximum atomic E-state index is 12.9. The maximum absolute atomic E-state index is 12.9. The van der Waals surface area contributed by atoms with Gasteiger partial charge in [-0.2, -0.15) is 0 Å². The molecule has 1 aliphatic rings. The summed E-state index contributed by atoms with van der Waals surface area (Å²) in [4.78, 5) is 24.4. The molecule has 1 aromatic heterocycles. The predicted octanol–water partition coefficient (Wildman–Crippen LogP) is 3.02. The van der Waals surface area contributed by atoms with Crippen LogP contribution in [0, 0.1) is 5.82 Å². The van der Waals surface area contributed by atoms with E-state index in [-0.39, 0.29) is 37.3 Å². The van der Waals surface area contributed by atoms with Crippen molar-refractivity contribution in [1.82, 2.24) is 5.32 Å². The molecule has 3 aromatic rings. The van der Waals surface area contributed by atoms with E-state index in [1.807, 2.05) is 0 Å². The lowest BCUT2D eigenvalue weighted by atomic mass is 10.2. The Kier molecular flexibility index (Phi) is 5.15. The third-order valence-electron chi connectivity index (χ3n) is 4.22. The SMILES string of the molecule is O=C(NCc1ccc2c(c1)OCO2)c1cc(=O)c(OCc2ccc(F)cc2)co1. The molecule has 8 heteroatoms. The number of rotatable bonds is 6. The van der Waals surface area contributed by atoms with Crippen LogP contribution in [0.5, 0.6) is 17.2 Å². The lowest BCUT2D eigenvalue weighted by Crippen LogP contribution is -2.24. The highest BCUT2D eigenvalue weighted by Crippen LogP contribution is 2.32. The number of ether oxygens (including phenoxy) is 3. The molecule has 29 heavy (non-hydrogen) atoms. The van der Waals surface area contributed by atoms with E-state index >= 15 is 0 Å². The van der Waals surface area contributed by atoms with Gasteiger partial charge < -0.3 is 23.9 Å². The minimum Gasteiger partial charge on any atom is -0.482 e. The maximum Gasteiger partial charge on any atom is 0.287 e. The van der Waals surface area contributed by atoms with E-state index in [1.54, 1.807) is 30.3 Å². The molecule has 0 atom stereocenters. The van der Waals surface area contributed by atoms with Gasteiger partial charge in [-0.3, -0.25) is 9.59 Å². The van der Waals surface area contributed by atoms with E-state index in [0.717, 1.165) is 17.9 Å². The van der Waals surface area contributed by atoms with Crippen LogP contribution in [-0.2, 0) is 13.2 Å². The molecule has 0 fully saturated rings. The first-order chi connectivity index (χ1) is 14.1. The Balaban J connectivity index is 1.36. The predicted molar refractivity (Wildman–Crippen MR) is 99.4 cm³/mol. The number of hydrogen-bond donors (Lipinski definition) is 1. The summed E-state index contributed by atoms with van der Waals surface area (Å²) in [6.07, 6.45) is 1.08. The normalized spacial score (nSPS) is 11.9. The van der Waals surface area contributed by atoms with E-state index in [4.69, 9.17) is 18.6 Å². The van der Waals surface area contributed by atoms with Crippen molar-refractivity contribution in [1.29, 1.82) is 0 Å². The standard InChI is InChI=1S/C21H16FNO6/c22-15-4-1-13(2-5-15)10-26-20-11-27-19(8-16(20)24)21(25)23-9-14-3-6-17-18(7-14)29-12-28-17/h1-8,11H,9-10,12H2,(H,23,25). The number of nitrogens with one attached hydrogen (secondary N) is 1. The van der Waals surface area contributed by atoms with Crippen molar-refractivity contribution in [2.24, 2.45) is 0 Å². The van der Waals surface area contributed by atoms with Gasteiger partial charge in [-0.15, -0.1) is 0 Å². The zero-order valence-corrected chi connectivity index (χ0v) is 15.1. The molecule has 0 aliphatic carbocycles. The van der Waals surface area contributed by atoms with Crippen molar-refractivity contribution in [2.75, 3.05) is 6.79 Å². The van der Waals surface area contributed by atoms with E-state index in [0.29, 0.717) is 17.1 Å². The van der Waals surface area contributed by atoms with Crippen LogP contribution < -0.4 is 25.0 Å². The minimum absolute atomic E-state index is 0.0401. The summed E-state index contributed by atoms with van der Waals surface area (Å²) in [5.41, 5.74) is 1.01. The molecule has 0 unspecified atom stereocenters. The van der Waals surface area contributed by atoms with Crippen LogP contribution in [0.4, 0.5) is 4.39 Å². The Morgan fingerprint density at radius 2 is 1.79 bits per heavy atom. The first-order valence-electron chi connectivity index (χ1n) is 8.75. The monoisotopic (exact) mass is 397 g/mol. The summed E-state index contributed by atoms with van der Waals surface area (Å²) in [5, 5.41) is 2.67. The molecule has 2 aromatic carbocycles. The van der Waals surface area contributed by atoms with Gasteiger partial charge >= 0.3 is 0 Å². The number of carbonyl (C=O) groups is 1. The Hall–Kier alpha value is -3.81. The Bertz CT molecular complexity index is 1090. The second-order valence-electron chi connectivity index (χ2n) is 6.26. The molecule has 0 spiro atoms. The number of halogens is 1. The van der Waals surface area contributed by atoms with Gasteiger partial charge in [0.2, 0.25) is 18.0 Å². The third-order valence-corrected chi connectivity index (χ3v) is 4.22. The molecule has 1 aliphatic heterocycles. The number of hydrogen-bond acceptors (Lipinski definition) is 6. The second-order valence-corrected chi connectivity index (χ2v) is 6.26. The van der Waals surface area contributed by atoms with Gasteiger partial charge in [0.15, 0.2) is 17.3 Å².